The van der Waals surface area contributed by atoms with Crippen LogP contribution in [-0.2, 0) is 21.2 Å². The molecule has 1 atom stereocenters. The average molecular weight is 401 g/mol. The topological polar surface area (TPSA) is 90.9 Å². The summed E-state index contributed by atoms with van der Waals surface area (Å²) in [7, 11) is 0.439. The van der Waals surface area contributed by atoms with Crippen molar-refractivity contribution < 1.29 is 13.2 Å². The zero-order valence-electron chi connectivity index (χ0n) is 16.1. The number of aliphatic imine (C=N–C) groups is 1. The fraction of sp³-hybridized carbons (Fsp3) is 0.300. The molecule has 0 unspecified atom stereocenters. The van der Waals surface area contributed by atoms with Crippen LogP contribution in [0.3, 0.4) is 0 Å². The van der Waals surface area contributed by atoms with Crippen LogP contribution in [0.15, 0.2) is 58.4 Å². The Balaban J connectivity index is 1.68. The zero-order chi connectivity index (χ0) is 20.3. The zero-order valence-corrected chi connectivity index (χ0v) is 17.0. The molecule has 8 heteroatoms. The van der Waals surface area contributed by atoms with Crippen LogP contribution in [0.4, 0.5) is 5.69 Å². The Kier molecular flexibility index (Phi) is 5.81. The van der Waals surface area contributed by atoms with Gasteiger partial charge in [-0.15, -0.1) is 0 Å². The molecule has 2 aromatic rings. The number of hydrogen-bond donors (Lipinski definition) is 2. The van der Waals surface area contributed by atoms with Crippen molar-refractivity contribution >= 4 is 27.5 Å². The SMILES string of the molecule is C[C@H](N=C1NS(=O)(=O)c2ccccc21)C(=O)Nc1ccc(CCN(C)C)cc1. The van der Waals surface area contributed by atoms with E-state index in [-0.39, 0.29) is 16.6 Å². The van der Waals surface area contributed by atoms with Gasteiger partial charge in [-0.3, -0.25) is 14.5 Å². The molecule has 0 aromatic heterocycles. The summed E-state index contributed by atoms with van der Waals surface area (Å²) in [5, 5.41) is 2.82. The number of carbonyl (C=O) groups excluding carboxylic acids is 1. The fourth-order valence-corrected chi connectivity index (χ4v) is 4.08. The number of hydrogen-bond acceptors (Lipinski definition) is 5. The number of amidine groups is 1. The van der Waals surface area contributed by atoms with Gasteiger partial charge in [0.2, 0.25) is 5.91 Å². The van der Waals surface area contributed by atoms with E-state index in [1.165, 1.54) is 11.6 Å². The van der Waals surface area contributed by atoms with Crippen molar-refractivity contribution in [3.63, 3.8) is 0 Å². The van der Waals surface area contributed by atoms with E-state index in [2.05, 4.69) is 19.9 Å². The third-order valence-corrected chi connectivity index (χ3v) is 5.83. The van der Waals surface area contributed by atoms with Gasteiger partial charge in [0.15, 0.2) is 0 Å². The molecule has 1 heterocycles. The van der Waals surface area contributed by atoms with Gasteiger partial charge in [-0.05, 0) is 57.3 Å². The molecule has 148 valence electrons. The first kappa shape index (κ1) is 20.0. The second-order valence-electron chi connectivity index (χ2n) is 6.99. The van der Waals surface area contributed by atoms with Gasteiger partial charge in [-0.25, -0.2) is 8.42 Å². The molecular formula is C20H24N4O3S. The third kappa shape index (κ3) is 4.58. The molecule has 1 aliphatic rings. The summed E-state index contributed by atoms with van der Waals surface area (Å²) < 4.78 is 26.7. The molecule has 0 radical (unpaired) electrons. The maximum Gasteiger partial charge on any atom is 0.263 e. The quantitative estimate of drug-likeness (QED) is 0.774. The van der Waals surface area contributed by atoms with Gasteiger partial charge in [0.25, 0.3) is 10.0 Å². The number of fused-ring (bicyclic) bond motifs is 1. The Bertz CT molecular complexity index is 998. The van der Waals surface area contributed by atoms with Gasteiger partial charge in [0.1, 0.15) is 11.9 Å². The van der Waals surface area contributed by atoms with Crippen LogP contribution in [0, 0.1) is 0 Å². The minimum absolute atomic E-state index is 0.176. The van der Waals surface area contributed by atoms with Crippen LogP contribution < -0.4 is 10.0 Å². The summed E-state index contributed by atoms with van der Waals surface area (Å²) in [5.41, 5.74) is 2.35. The Labute approximate surface area is 165 Å². The predicted molar refractivity (Wildman–Crippen MR) is 110 cm³/mol. The summed E-state index contributed by atoms with van der Waals surface area (Å²) in [4.78, 5) is 19.0. The highest BCUT2D eigenvalue weighted by Crippen LogP contribution is 2.22. The number of likely N-dealkylation sites (N-methyl/N-ethyl adjacent to an activating group) is 1. The summed E-state index contributed by atoms with van der Waals surface area (Å²) >= 11 is 0. The lowest BCUT2D eigenvalue weighted by Gasteiger charge is -2.11. The molecular weight excluding hydrogens is 376 g/mol. The van der Waals surface area contributed by atoms with Crippen molar-refractivity contribution in [1.82, 2.24) is 9.62 Å². The summed E-state index contributed by atoms with van der Waals surface area (Å²) in [6, 6.07) is 13.5. The molecule has 0 spiro atoms. The van der Waals surface area contributed by atoms with Crippen molar-refractivity contribution in [3.05, 3.63) is 59.7 Å². The molecule has 3 rings (SSSR count). The van der Waals surface area contributed by atoms with Gasteiger partial charge in [-0.1, -0.05) is 24.3 Å². The molecule has 0 bridgehead atoms. The molecule has 7 nitrogen and oxygen atoms in total. The van der Waals surface area contributed by atoms with E-state index in [1.807, 2.05) is 38.4 Å². The van der Waals surface area contributed by atoms with Crippen LogP contribution in [0.5, 0.6) is 0 Å². The molecule has 1 aliphatic heterocycles. The second kappa shape index (κ2) is 8.12. The monoisotopic (exact) mass is 400 g/mol. The van der Waals surface area contributed by atoms with Crippen molar-refractivity contribution in [2.24, 2.45) is 4.99 Å². The van der Waals surface area contributed by atoms with E-state index < -0.39 is 16.1 Å². The Morgan fingerprint density at radius 2 is 1.82 bits per heavy atom. The molecule has 2 aromatic carbocycles. The number of carbonyl (C=O) groups is 1. The Hall–Kier alpha value is -2.71. The van der Waals surface area contributed by atoms with Gasteiger partial charge < -0.3 is 10.2 Å². The lowest BCUT2D eigenvalue weighted by molar-refractivity contribution is -0.117. The first-order valence-corrected chi connectivity index (χ1v) is 10.5. The lowest BCUT2D eigenvalue weighted by Crippen LogP contribution is -2.28. The van der Waals surface area contributed by atoms with Crippen LogP contribution in [-0.4, -0.2) is 51.7 Å². The molecule has 0 aliphatic carbocycles. The van der Waals surface area contributed by atoms with E-state index in [0.29, 0.717) is 11.3 Å². The highest BCUT2D eigenvalue weighted by atomic mass is 32.2. The van der Waals surface area contributed by atoms with Gasteiger partial charge in [-0.2, -0.15) is 0 Å². The largest absolute Gasteiger partial charge is 0.324 e. The van der Waals surface area contributed by atoms with Crippen molar-refractivity contribution in [3.8, 4) is 0 Å². The van der Waals surface area contributed by atoms with E-state index in [1.54, 1.807) is 25.1 Å². The second-order valence-corrected chi connectivity index (χ2v) is 8.65. The Morgan fingerprint density at radius 3 is 2.50 bits per heavy atom. The fourth-order valence-electron chi connectivity index (χ4n) is 2.84. The minimum atomic E-state index is -3.62. The van der Waals surface area contributed by atoms with Crippen molar-refractivity contribution in [2.45, 2.75) is 24.3 Å². The molecule has 0 saturated heterocycles. The first-order chi connectivity index (χ1) is 13.3. The van der Waals surface area contributed by atoms with Crippen LogP contribution in [0.25, 0.3) is 0 Å². The maximum atomic E-state index is 12.5. The van der Waals surface area contributed by atoms with Gasteiger partial charge >= 0.3 is 0 Å². The van der Waals surface area contributed by atoms with Crippen molar-refractivity contribution in [1.29, 1.82) is 0 Å². The van der Waals surface area contributed by atoms with Gasteiger partial charge in [0.05, 0.1) is 4.90 Å². The first-order valence-electron chi connectivity index (χ1n) is 9.01. The number of sulfonamides is 1. The number of nitrogens with one attached hydrogen (secondary N) is 2. The summed E-state index contributed by atoms with van der Waals surface area (Å²) in [6.07, 6.45) is 0.935. The predicted octanol–water partition coefficient (Wildman–Crippen LogP) is 1.86. The van der Waals surface area contributed by atoms with Crippen molar-refractivity contribution in [2.75, 3.05) is 26.0 Å². The number of nitrogens with zero attached hydrogens (tertiary/aromatic N) is 2. The molecule has 0 fully saturated rings. The highest BCUT2D eigenvalue weighted by molar-refractivity contribution is 7.90. The number of rotatable bonds is 6. The van der Waals surface area contributed by atoms with Crippen LogP contribution >= 0.6 is 0 Å². The lowest BCUT2D eigenvalue weighted by atomic mass is 10.1. The van der Waals surface area contributed by atoms with E-state index >= 15 is 0 Å². The summed E-state index contributed by atoms with van der Waals surface area (Å²) in [6.45, 7) is 2.58. The Morgan fingerprint density at radius 1 is 1.14 bits per heavy atom. The smallest absolute Gasteiger partial charge is 0.263 e. The van der Waals surface area contributed by atoms with Gasteiger partial charge in [0, 0.05) is 17.8 Å². The van der Waals surface area contributed by atoms with E-state index in [4.69, 9.17) is 0 Å². The highest BCUT2D eigenvalue weighted by Gasteiger charge is 2.31. The number of benzene rings is 2. The number of amides is 1. The van der Waals surface area contributed by atoms with E-state index in [0.717, 1.165) is 13.0 Å². The molecule has 0 saturated carbocycles. The summed E-state index contributed by atoms with van der Waals surface area (Å²) in [5.74, 6) is -0.116. The van der Waals surface area contributed by atoms with Crippen LogP contribution in [0.1, 0.15) is 18.1 Å². The third-order valence-electron chi connectivity index (χ3n) is 4.43. The van der Waals surface area contributed by atoms with Crippen LogP contribution in [0.2, 0.25) is 0 Å². The maximum absolute atomic E-state index is 12.5. The molecule has 2 N–H and O–H groups in total. The normalized spacial score (nSPS) is 17.2. The standard InChI is InChI=1S/C20H24N4O3S/c1-14(21-19-17-6-4-5-7-18(17)28(26,27)23-19)20(25)22-16-10-8-15(9-11-16)12-13-24(2)3/h4-11,14H,12-13H2,1-3H3,(H,21,23)(H,22,25)/t14-/m0/s1. The molecule has 28 heavy (non-hydrogen) atoms. The number of anilines is 1. The minimum Gasteiger partial charge on any atom is -0.324 e. The molecule has 1 amide bonds. The van der Waals surface area contributed by atoms with E-state index in [9.17, 15) is 13.2 Å². The average Bonchev–Trinajstić information content (AvgIpc) is 2.91.